The topological polar surface area (TPSA) is 116 Å². The first-order valence-corrected chi connectivity index (χ1v) is 13.2. The maximum absolute atomic E-state index is 12.3. The maximum Gasteiger partial charge on any atom is 0.410 e. The van der Waals surface area contributed by atoms with E-state index in [1.165, 1.54) is 18.1 Å². The van der Waals surface area contributed by atoms with Gasteiger partial charge in [0.25, 0.3) is 5.69 Å². The Balaban J connectivity index is 1.59. The van der Waals surface area contributed by atoms with Gasteiger partial charge in [-0.15, -0.1) is 0 Å². The predicted molar refractivity (Wildman–Crippen MR) is 159 cm³/mol. The van der Waals surface area contributed by atoms with Crippen LogP contribution in [0.5, 0.6) is 5.75 Å². The smallest absolute Gasteiger partial charge is 0.410 e. The van der Waals surface area contributed by atoms with Crippen molar-refractivity contribution in [3.63, 3.8) is 0 Å². The van der Waals surface area contributed by atoms with Crippen molar-refractivity contribution < 1.29 is 19.2 Å². The number of aromatic nitrogens is 3. The zero-order valence-corrected chi connectivity index (χ0v) is 24.5. The summed E-state index contributed by atoms with van der Waals surface area (Å²) in [4.78, 5) is 36.4. The number of fused-ring (bicyclic) bond motifs is 1. The molecule has 0 aliphatic carbocycles. The van der Waals surface area contributed by atoms with Crippen LogP contribution in [0.15, 0.2) is 54.9 Å². The number of carbonyl (C=O) groups excluding carboxylic acids is 1. The van der Waals surface area contributed by atoms with E-state index in [0.717, 1.165) is 22.2 Å². The van der Waals surface area contributed by atoms with E-state index < -0.39 is 16.6 Å². The number of nitro groups is 1. The van der Waals surface area contributed by atoms with Crippen molar-refractivity contribution in [1.29, 1.82) is 0 Å². The molecule has 0 aliphatic heterocycles. The molecule has 2 heterocycles. The molecule has 0 atom stereocenters. The van der Waals surface area contributed by atoms with Gasteiger partial charge in [0.15, 0.2) is 0 Å². The zero-order chi connectivity index (χ0) is 29.9. The fourth-order valence-corrected chi connectivity index (χ4v) is 4.58. The van der Waals surface area contributed by atoms with Gasteiger partial charge in [-0.2, -0.15) is 0 Å². The average molecular weight is 561 g/mol. The van der Waals surface area contributed by atoms with Crippen LogP contribution < -0.4 is 9.64 Å². The number of carbonyl (C=O) groups is 1. The maximum atomic E-state index is 12.3. The largest absolute Gasteiger partial charge is 0.496 e. The molecule has 11 heteroatoms. The lowest BCUT2D eigenvalue weighted by atomic mass is 10.1. The molecule has 0 saturated carbocycles. The van der Waals surface area contributed by atoms with Crippen LogP contribution >= 0.6 is 0 Å². The van der Waals surface area contributed by atoms with E-state index in [0.29, 0.717) is 35.9 Å². The molecule has 0 bridgehead atoms. The van der Waals surface area contributed by atoms with Gasteiger partial charge >= 0.3 is 6.09 Å². The number of ether oxygens (including phenoxy) is 2. The molecule has 216 valence electrons. The fraction of sp³-hybridized carbons (Fsp3) is 0.367. The van der Waals surface area contributed by atoms with Gasteiger partial charge in [-0.1, -0.05) is 18.2 Å². The number of methoxy groups -OCH3 is 1. The molecule has 0 fully saturated rings. The van der Waals surface area contributed by atoms with Gasteiger partial charge in [-0.25, -0.2) is 14.8 Å². The molecule has 2 aromatic carbocycles. The zero-order valence-electron chi connectivity index (χ0n) is 24.5. The quantitative estimate of drug-likeness (QED) is 0.196. The normalized spacial score (nSPS) is 11.4. The molecule has 0 spiro atoms. The summed E-state index contributed by atoms with van der Waals surface area (Å²) < 4.78 is 13.1. The van der Waals surface area contributed by atoms with Crippen molar-refractivity contribution in [3.05, 3.63) is 76.4 Å². The molecule has 0 radical (unpaired) electrons. The molecular formula is C30H36N6O5. The van der Waals surface area contributed by atoms with Crippen molar-refractivity contribution in [2.75, 3.05) is 39.2 Å². The minimum Gasteiger partial charge on any atom is -0.496 e. The van der Waals surface area contributed by atoms with Crippen molar-refractivity contribution in [1.82, 2.24) is 19.4 Å². The molecule has 0 aliphatic rings. The number of rotatable bonds is 9. The van der Waals surface area contributed by atoms with Crippen molar-refractivity contribution in [2.24, 2.45) is 7.05 Å². The van der Waals surface area contributed by atoms with Crippen LogP contribution in [-0.4, -0.2) is 70.3 Å². The van der Waals surface area contributed by atoms with Gasteiger partial charge in [-0.3, -0.25) is 10.1 Å². The van der Waals surface area contributed by atoms with Gasteiger partial charge in [0.1, 0.15) is 22.9 Å². The molecule has 4 aromatic rings. The van der Waals surface area contributed by atoms with Crippen LogP contribution in [0.4, 0.5) is 16.2 Å². The van der Waals surface area contributed by atoms with E-state index in [4.69, 9.17) is 14.5 Å². The van der Waals surface area contributed by atoms with E-state index in [2.05, 4.69) is 21.7 Å². The van der Waals surface area contributed by atoms with Crippen LogP contribution in [0.25, 0.3) is 22.2 Å². The summed E-state index contributed by atoms with van der Waals surface area (Å²) in [6, 6.07) is 13.1. The number of para-hydroxylation sites is 1. The summed E-state index contributed by atoms with van der Waals surface area (Å²) in [7, 11) is 6.89. The Hall–Kier alpha value is -4.67. The van der Waals surface area contributed by atoms with E-state index >= 15 is 0 Å². The van der Waals surface area contributed by atoms with Gasteiger partial charge in [0.05, 0.1) is 17.7 Å². The van der Waals surface area contributed by atoms with Crippen LogP contribution in [0, 0.1) is 10.1 Å². The molecule has 2 aromatic heterocycles. The number of hydrogen-bond donors (Lipinski definition) is 0. The minimum atomic E-state index is -0.614. The first kappa shape index (κ1) is 29.3. The van der Waals surface area contributed by atoms with E-state index in [1.807, 2.05) is 31.4 Å². The highest BCUT2D eigenvalue weighted by Gasteiger charge is 2.24. The fourth-order valence-electron chi connectivity index (χ4n) is 4.58. The SMILES string of the molecule is COc1cc(N(C)CCN(C)C(=O)OC(C)(C)C)c([N+](=O)[O-])cc1Cc1nccc(-c2cn(C)c3ccccc23)n1. The van der Waals surface area contributed by atoms with E-state index in [-0.39, 0.29) is 12.1 Å². The lowest BCUT2D eigenvalue weighted by Crippen LogP contribution is -2.38. The van der Waals surface area contributed by atoms with Gasteiger partial charge in [0, 0.05) is 87.2 Å². The Morgan fingerprint density at radius 2 is 1.85 bits per heavy atom. The van der Waals surface area contributed by atoms with Crippen LogP contribution in [-0.2, 0) is 18.2 Å². The van der Waals surface area contributed by atoms with Crippen LogP contribution in [0.3, 0.4) is 0 Å². The number of anilines is 1. The van der Waals surface area contributed by atoms with Crippen LogP contribution in [0.2, 0.25) is 0 Å². The highest BCUT2D eigenvalue weighted by Crippen LogP contribution is 2.36. The van der Waals surface area contributed by atoms with Gasteiger partial charge in [-0.05, 0) is 32.9 Å². The molecule has 11 nitrogen and oxygen atoms in total. The third kappa shape index (κ3) is 6.74. The van der Waals surface area contributed by atoms with Gasteiger partial charge < -0.3 is 23.8 Å². The van der Waals surface area contributed by atoms with Crippen molar-refractivity contribution in [2.45, 2.75) is 32.8 Å². The van der Waals surface area contributed by atoms with E-state index in [9.17, 15) is 14.9 Å². The lowest BCUT2D eigenvalue weighted by Gasteiger charge is -2.27. The summed E-state index contributed by atoms with van der Waals surface area (Å²) in [5.41, 5.74) is 3.13. The Labute approximate surface area is 239 Å². The molecule has 1 amide bonds. The molecule has 0 unspecified atom stereocenters. The minimum absolute atomic E-state index is 0.0755. The Bertz CT molecular complexity index is 1580. The van der Waals surface area contributed by atoms with Crippen molar-refractivity contribution >= 4 is 28.4 Å². The molecule has 41 heavy (non-hydrogen) atoms. The standard InChI is InChI=1S/C30H36N6O5/c1-30(2,3)41-29(37)34(5)15-14-33(4)25-18-27(40-7)20(16-26(25)36(38)39)17-28-31-13-12-23(32-28)22-19-35(6)24-11-9-8-10-21(22)24/h8-13,16,18-19H,14-15,17H2,1-7H3. The molecule has 0 saturated heterocycles. The average Bonchev–Trinajstić information content (AvgIpc) is 3.27. The Morgan fingerprint density at radius 1 is 1.12 bits per heavy atom. The molecular weight excluding hydrogens is 524 g/mol. The summed E-state index contributed by atoms with van der Waals surface area (Å²) in [5.74, 6) is 1.00. The number of benzene rings is 2. The summed E-state index contributed by atoms with van der Waals surface area (Å²) in [6.07, 6.45) is 3.52. The summed E-state index contributed by atoms with van der Waals surface area (Å²) in [5, 5.41) is 13.2. The predicted octanol–water partition coefficient (Wildman–Crippen LogP) is 5.45. The monoisotopic (exact) mass is 560 g/mol. The summed E-state index contributed by atoms with van der Waals surface area (Å²) in [6.45, 7) is 6.05. The number of amides is 1. The Kier molecular flexibility index (Phi) is 8.46. The second-order valence-corrected chi connectivity index (χ2v) is 10.9. The number of likely N-dealkylation sites (N-methyl/N-ethyl adjacent to an activating group) is 2. The Morgan fingerprint density at radius 3 is 2.54 bits per heavy atom. The highest BCUT2D eigenvalue weighted by atomic mass is 16.6. The number of nitro benzene ring substituents is 1. The highest BCUT2D eigenvalue weighted by molar-refractivity contribution is 5.95. The van der Waals surface area contributed by atoms with E-state index in [1.54, 1.807) is 52.0 Å². The summed E-state index contributed by atoms with van der Waals surface area (Å²) >= 11 is 0. The van der Waals surface area contributed by atoms with Crippen LogP contribution in [0.1, 0.15) is 32.2 Å². The third-order valence-electron chi connectivity index (χ3n) is 6.69. The number of aryl methyl sites for hydroxylation is 1. The second kappa shape index (κ2) is 11.8. The lowest BCUT2D eigenvalue weighted by molar-refractivity contribution is -0.384. The second-order valence-electron chi connectivity index (χ2n) is 10.9. The van der Waals surface area contributed by atoms with Gasteiger partial charge in [0.2, 0.25) is 0 Å². The number of hydrogen-bond acceptors (Lipinski definition) is 8. The number of nitrogens with zero attached hydrogens (tertiary/aromatic N) is 6. The first-order valence-electron chi connectivity index (χ1n) is 13.2. The first-order chi connectivity index (χ1) is 19.4. The third-order valence-corrected chi connectivity index (χ3v) is 6.69. The molecule has 0 N–H and O–H groups in total. The molecule has 4 rings (SSSR count). The van der Waals surface area contributed by atoms with Crippen molar-refractivity contribution in [3.8, 4) is 17.0 Å².